The number of nitrogens with one attached hydrogen (secondary N) is 1. The molecule has 1 aromatic rings. The van der Waals surface area contributed by atoms with Crippen LogP contribution in [0.2, 0.25) is 0 Å². The molecule has 1 aromatic carbocycles. The number of hydrogen-bond acceptors (Lipinski definition) is 3. The Morgan fingerprint density at radius 1 is 1.41 bits per heavy atom. The predicted molar refractivity (Wildman–Crippen MR) is 86.6 cm³/mol. The summed E-state index contributed by atoms with van der Waals surface area (Å²) in [6.45, 7) is 3.76. The van der Waals surface area contributed by atoms with Gasteiger partial charge in [0.1, 0.15) is 5.60 Å². The van der Waals surface area contributed by atoms with Gasteiger partial charge in [0.05, 0.1) is 13.1 Å². The van der Waals surface area contributed by atoms with Gasteiger partial charge in [-0.3, -0.25) is 9.69 Å². The fourth-order valence-corrected chi connectivity index (χ4v) is 3.51. The van der Waals surface area contributed by atoms with Gasteiger partial charge in [0.2, 0.25) is 5.91 Å². The Kier molecular flexibility index (Phi) is 4.50. The SMILES string of the molecule is CCN(CC(=O)NCC1(O)CCCc2ccccc21)C1CC1. The van der Waals surface area contributed by atoms with E-state index in [2.05, 4.69) is 23.2 Å². The number of rotatable bonds is 6. The molecule has 0 heterocycles. The van der Waals surface area contributed by atoms with Gasteiger partial charge < -0.3 is 10.4 Å². The Bertz CT molecular complexity index is 542. The number of fused-ring (bicyclic) bond motifs is 1. The molecule has 1 amide bonds. The Morgan fingerprint density at radius 3 is 2.91 bits per heavy atom. The topological polar surface area (TPSA) is 52.6 Å². The van der Waals surface area contributed by atoms with Gasteiger partial charge in [0.15, 0.2) is 0 Å². The van der Waals surface area contributed by atoms with Crippen LogP contribution in [0.25, 0.3) is 0 Å². The fourth-order valence-electron chi connectivity index (χ4n) is 3.51. The zero-order valence-electron chi connectivity index (χ0n) is 13.3. The van der Waals surface area contributed by atoms with Crippen LogP contribution in [0.5, 0.6) is 0 Å². The number of aryl methyl sites for hydroxylation is 1. The highest BCUT2D eigenvalue weighted by Crippen LogP contribution is 2.34. The monoisotopic (exact) mass is 302 g/mol. The summed E-state index contributed by atoms with van der Waals surface area (Å²) in [5.41, 5.74) is 1.27. The Balaban J connectivity index is 1.60. The van der Waals surface area contributed by atoms with Gasteiger partial charge in [-0.2, -0.15) is 0 Å². The molecule has 0 radical (unpaired) electrons. The van der Waals surface area contributed by atoms with Gasteiger partial charge in [-0.25, -0.2) is 0 Å². The number of hydrogen-bond donors (Lipinski definition) is 2. The van der Waals surface area contributed by atoms with Crippen molar-refractivity contribution in [2.75, 3.05) is 19.6 Å². The first kappa shape index (κ1) is 15.5. The van der Waals surface area contributed by atoms with E-state index in [1.54, 1.807) is 0 Å². The molecule has 1 saturated carbocycles. The number of likely N-dealkylation sites (N-methyl/N-ethyl adjacent to an activating group) is 1. The van der Waals surface area contributed by atoms with Crippen LogP contribution in [0, 0.1) is 0 Å². The summed E-state index contributed by atoms with van der Waals surface area (Å²) in [6.07, 6.45) is 5.10. The van der Waals surface area contributed by atoms with Crippen molar-refractivity contribution < 1.29 is 9.90 Å². The molecule has 2 N–H and O–H groups in total. The Labute approximate surface area is 132 Å². The molecule has 120 valence electrons. The van der Waals surface area contributed by atoms with Crippen molar-refractivity contribution in [3.8, 4) is 0 Å². The zero-order chi connectivity index (χ0) is 15.6. The quantitative estimate of drug-likeness (QED) is 0.842. The fraction of sp³-hybridized carbons (Fsp3) is 0.611. The highest BCUT2D eigenvalue weighted by Gasteiger charge is 2.35. The van der Waals surface area contributed by atoms with Gasteiger partial charge in [0.25, 0.3) is 0 Å². The van der Waals surface area contributed by atoms with Crippen LogP contribution in [0.4, 0.5) is 0 Å². The molecule has 1 unspecified atom stereocenters. The number of benzene rings is 1. The lowest BCUT2D eigenvalue weighted by Gasteiger charge is -2.35. The molecular weight excluding hydrogens is 276 g/mol. The summed E-state index contributed by atoms with van der Waals surface area (Å²) in [5.74, 6) is 0.0187. The van der Waals surface area contributed by atoms with Gasteiger partial charge in [-0.1, -0.05) is 31.2 Å². The van der Waals surface area contributed by atoms with Crippen molar-refractivity contribution in [1.29, 1.82) is 0 Å². The third kappa shape index (κ3) is 3.33. The van der Waals surface area contributed by atoms with Gasteiger partial charge in [-0.15, -0.1) is 0 Å². The number of aliphatic hydroxyl groups is 1. The zero-order valence-corrected chi connectivity index (χ0v) is 13.3. The minimum absolute atomic E-state index is 0.0187. The van der Waals surface area contributed by atoms with E-state index in [0.717, 1.165) is 24.9 Å². The minimum atomic E-state index is -0.916. The largest absolute Gasteiger partial charge is 0.383 e. The maximum absolute atomic E-state index is 12.2. The number of amides is 1. The first-order valence-electron chi connectivity index (χ1n) is 8.44. The smallest absolute Gasteiger partial charge is 0.234 e. The highest BCUT2D eigenvalue weighted by atomic mass is 16.3. The molecule has 0 bridgehead atoms. The lowest BCUT2D eigenvalue weighted by molar-refractivity contribution is -0.123. The number of nitrogens with zero attached hydrogens (tertiary/aromatic N) is 1. The van der Waals surface area contributed by atoms with Crippen LogP contribution in [-0.4, -0.2) is 41.6 Å². The lowest BCUT2D eigenvalue weighted by atomic mass is 9.79. The van der Waals surface area contributed by atoms with Crippen LogP contribution >= 0.6 is 0 Å². The van der Waals surface area contributed by atoms with Crippen LogP contribution in [0.1, 0.15) is 43.7 Å². The molecule has 3 rings (SSSR count). The summed E-state index contributed by atoms with van der Waals surface area (Å²) < 4.78 is 0. The highest BCUT2D eigenvalue weighted by molar-refractivity contribution is 5.78. The van der Waals surface area contributed by atoms with E-state index < -0.39 is 5.60 Å². The molecule has 4 heteroatoms. The normalized spacial score (nSPS) is 24.1. The van der Waals surface area contributed by atoms with Crippen molar-refractivity contribution >= 4 is 5.91 Å². The molecule has 0 spiro atoms. The number of carbonyl (C=O) groups is 1. The number of carbonyl (C=O) groups excluding carboxylic acids is 1. The van der Waals surface area contributed by atoms with E-state index in [1.165, 1.54) is 18.4 Å². The summed E-state index contributed by atoms with van der Waals surface area (Å²) in [7, 11) is 0. The third-order valence-corrected chi connectivity index (χ3v) is 4.95. The second-order valence-corrected chi connectivity index (χ2v) is 6.61. The minimum Gasteiger partial charge on any atom is -0.383 e. The average molecular weight is 302 g/mol. The molecular formula is C18H26N2O2. The molecule has 2 aliphatic rings. The maximum Gasteiger partial charge on any atom is 0.234 e. The third-order valence-electron chi connectivity index (χ3n) is 4.95. The van der Waals surface area contributed by atoms with Crippen molar-refractivity contribution in [2.45, 2.75) is 50.7 Å². The van der Waals surface area contributed by atoms with E-state index in [-0.39, 0.29) is 5.91 Å². The first-order valence-corrected chi connectivity index (χ1v) is 8.44. The summed E-state index contributed by atoms with van der Waals surface area (Å²) in [5, 5.41) is 13.9. The molecule has 1 atom stereocenters. The molecule has 22 heavy (non-hydrogen) atoms. The van der Waals surface area contributed by atoms with E-state index in [1.807, 2.05) is 18.2 Å². The standard InChI is InChI=1S/C18H26N2O2/c1-2-20(15-9-10-15)12-17(21)19-13-18(22)11-5-7-14-6-3-4-8-16(14)18/h3-4,6,8,15,22H,2,5,7,9-13H2,1H3,(H,19,21). The first-order chi connectivity index (χ1) is 10.6. The summed E-state index contributed by atoms with van der Waals surface area (Å²) in [4.78, 5) is 14.4. The van der Waals surface area contributed by atoms with E-state index in [9.17, 15) is 9.90 Å². The van der Waals surface area contributed by atoms with Crippen molar-refractivity contribution in [3.05, 3.63) is 35.4 Å². The van der Waals surface area contributed by atoms with Crippen LogP contribution in [-0.2, 0) is 16.8 Å². The van der Waals surface area contributed by atoms with Gasteiger partial charge >= 0.3 is 0 Å². The predicted octanol–water partition coefficient (Wildman–Crippen LogP) is 1.81. The van der Waals surface area contributed by atoms with E-state index in [4.69, 9.17) is 0 Å². The van der Waals surface area contributed by atoms with Crippen molar-refractivity contribution in [2.24, 2.45) is 0 Å². The second-order valence-electron chi connectivity index (χ2n) is 6.61. The van der Waals surface area contributed by atoms with Gasteiger partial charge in [0, 0.05) is 6.04 Å². The Hall–Kier alpha value is -1.39. The maximum atomic E-state index is 12.2. The molecule has 0 aliphatic heterocycles. The van der Waals surface area contributed by atoms with Crippen molar-refractivity contribution in [3.63, 3.8) is 0 Å². The Morgan fingerprint density at radius 2 is 2.18 bits per heavy atom. The molecule has 2 aliphatic carbocycles. The summed E-state index contributed by atoms with van der Waals surface area (Å²) in [6, 6.07) is 8.63. The summed E-state index contributed by atoms with van der Waals surface area (Å²) >= 11 is 0. The molecule has 0 saturated heterocycles. The van der Waals surface area contributed by atoms with E-state index >= 15 is 0 Å². The molecule has 0 aromatic heterocycles. The van der Waals surface area contributed by atoms with E-state index in [0.29, 0.717) is 25.6 Å². The van der Waals surface area contributed by atoms with Crippen LogP contribution in [0.15, 0.2) is 24.3 Å². The lowest BCUT2D eigenvalue weighted by Crippen LogP contribution is -2.46. The second kappa shape index (κ2) is 6.39. The van der Waals surface area contributed by atoms with Gasteiger partial charge in [-0.05, 0) is 49.8 Å². The average Bonchev–Trinajstić information content (AvgIpc) is 3.36. The van der Waals surface area contributed by atoms with Crippen LogP contribution < -0.4 is 5.32 Å². The van der Waals surface area contributed by atoms with Crippen LogP contribution in [0.3, 0.4) is 0 Å². The molecule has 1 fully saturated rings. The van der Waals surface area contributed by atoms with Crippen molar-refractivity contribution in [1.82, 2.24) is 10.2 Å². The molecule has 4 nitrogen and oxygen atoms in total.